The third-order valence-corrected chi connectivity index (χ3v) is 4.11. The molecule has 1 heterocycles. The van der Waals surface area contributed by atoms with Crippen LogP contribution in [0.4, 0.5) is 0 Å². The van der Waals surface area contributed by atoms with E-state index in [-0.39, 0.29) is 12.0 Å². The summed E-state index contributed by atoms with van der Waals surface area (Å²) in [6, 6.07) is 2.04. The molecule has 0 saturated heterocycles. The molecule has 2 rings (SSSR count). The van der Waals surface area contributed by atoms with E-state index >= 15 is 0 Å². The Hall–Kier alpha value is -1.29. The third kappa shape index (κ3) is 2.68. The molecule has 0 aromatic carbocycles. The van der Waals surface area contributed by atoms with E-state index in [1.165, 1.54) is 0 Å². The maximum atomic E-state index is 12.2. The van der Waals surface area contributed by atoms with Crippen molar-refractivity contribution in [1.82, 2.24) is 9.47 Å². The monoisotopic (exact) mass is 264 g/mol. The Balaban J connectivity index is 2.24. The zero-order valence-corrected chi connectivity index (χ0v) is 12.1. The second-order valence-electron chi connectivity index (χ2n) is 5.25. The van der Waals surface area contributed by atoms with E-state index in [2.05, 4.69) is 4.57 Å². The molecule has 1 aliphatic rings. The highest BCUT2D eigenvalue weighted by atomic mass is 16.3. The van der Waals surface area contributed by atoms with Crippen molar-refractivity contribution in [2.45, 2.75) is 52.7 Å². The van der Waals surface area contributed by atoms with Crippen molar-refractivity contribution in [3.05, 3.63) is 23.0 Å². The molecule has 1 aromatic rings. The van der Waals surface area contributed by atoms with Crippen LogP contribution in [0, 0.1) is 6.92 Å². The normalized spacial score (nSPS) is 18.2. The first-order chi connectivity index (χ1) is 9.08. The van der Waals surface area contributed by atoms with Gasteiger partial charge in [0.05, 0.1) is 6.10 Å². The zero-order valence-electron chi connectivity index (χ0n) is 12.1. The molecule has 1 unspecified atom stereocenters. The van der Waals surface area contributed by atoms with Crippen LogP contribution in [-0.4, -0.2) is 33.6 Å². The number of nitrogens with zero attached hydrogens (tertiary/aromatic N) is 2. The van der Waals surface area contributed by atoms with Crippen molar-refractivity contribution in [2.24, 2.45) is 0 Å². The van der Waals surface area contributed by atoms with E-state index in [1.807, 2.05) is 31.7 Å². The lowest BCUT2D eigenvalue weighted by Gasteiger charge is -2.23. The number of carbonyl (C=O) groups excluding carboxylic acids is 1. The fourth-order valence-corrected chi connectivity index (χ4v) is 2.97. The number of rotatable bonds is 4. The van der Waals surface area contributed by atoms with E-state index in [4.69, 9.17) is 0 Å². The molecule has 19 heavy (non-hydrogen) atoms. The smallest absolute Gasteiger partial charge is 0.242 e. The number of aromatic nitrogens is 1. The third-order valence-electron chi connectivity index (χ3n) is 4.11. The van der Waals surface area contributed by atoms with Gasteiger partial charge in [0.2, 0.25) is 5.91 Å². The van der Waals surface area contributed by atoms with E-state index < -0.39 is 0 Å². The molecule has 4 nitrogen and oxygen atoms in total. The van der Waals surface area contributed by atoms with Crippen LogP contribution in [0.2, 0.25) is 0 Å². The predicted molar refractivity (Wildman–Crippen MR) is 75.0 cm³/mol. The number of aliphatic hydroxyl groups is 1. The van der Waals surface area contributed by atoms with Crippen molar-refractivity contribution in [3.8, 4) is 0 Å². The molecule has 0 radical (unpaired) electrons. The number of aliphatic hydroxyl groups excluding tert-OH is 1. The van der Waals surface area contributed by atoms with Gasteiger partial charge in [-0.05, 0) is 46.1 Å². The number of likely N-dealkylation sites (N-methyl/N-ethyl adjacent to an activating group) is 1. The minimum atomic E-state index is -0.354. The molecule has 0 bridgehead atoms. The van der Waals surface area contributed by atoms with Gasteiger partial charge in [-0.25, -0.2) is 0 Å². The number of amides is 1. The first-order valence-corrected chi connectivity index (χ1v) is 7.23. The molecule has 0 saturated carbocycles. The number of hydrogen-bond acceptors (Lipinski definition) is 2. The van der Waals surface area contributed by atoms with Gasteiger partial charge in [-0.2, -0.15) is 0 Å². The van der Waals surface area contributed by atoms with Crippen LogP contribution in [0.25, 0.3) is 0 Å². The van der Waals surface area contributed by atoms with Crippen LogP contribution in [0.5, 0.6) is 0 Å². The molecule has 1 amide bonds. The van der Waals surface area contributed by atoms with E-state index in [0.717, 1.165) is 49.3 Å². The van der Waals surface area contributed by atoms with Crippen molar-refractivity contribution in [3.63, 3.8) is 0 Å². The molecule has 0 spiro atoms. The topological polar surface area (TPSA) is 45.5 Å². The Labute approximate surface area is 115 Å². The fourth-order valence-electron chi connectivity index (χ4n) is 2.97. The quantitative estimate of drug-likeness (QED) is 0.904. The Bertz CT molecular complexity index is 461. The molecule has 1 aromatic heterocycles. The molecular weight excluding hydrogens is 240 g/mol. The van der Waals surface area contributed by atoms with Gasteiger partial charge in [-0.3, -0.25) is 4.79 Å². The number of fused-ring (bicyclic) bond motifs is 1. The van der Waals surface area contributed by atoms with Gasteiger partial charge in [-0.15, -0.1) is 0 Å². The van der Waals surface area contributed by atoms with Gasteiger partial charge >= 0.3 is 0 Å². The standard InChI is InChI=1S/C15H24N2O2/c1-4-16(5-2)15(19)10-17-11(3)9-12-13(17)7-6-8-14(12)18/h9,14,18H,4-8,10H2,1-3H3. The van der Waals surface area contributed by atoms with Gasteiger partial charge in [0, 0.05) is 30.0 Å². The van der Waals surface area contributed by atoms with Gasteiger partial charge in [0.1, 0.15) is 6.54 Å². The average Bonchev–Trinajstić information content (AvgIpc) is 2.70. The molecule has 4 heteroatoms. The zero-order chi connectivity index (χ0) is 14.0. The van der Waals surface area contributed by atoms with Gasteiger partial charge in [0.25, 0.3) is 0 Å². The Morgan fingerprint density at radius 1 is 1.47 bits per heavy atom. The predicted octanol–water partition coefficient (Wildman–Crippen LogP) is 2.03. The minimum absolute atomic E-state index is 0.159. The van der Waals surface area contributed by atoms with Crippen LogP contribution in [0.15, 0.2) is 6.07 Å². The van der Waals surface area contributed by atoms with Crippen molar-refractivity contribution in [1.29, 1.82) is 0 Å². The second kappa shape index (κ2) is 5.78. The highest BCUT2D eigenvalue weighted by Crippen LogP contribution is 2.32. The lowest BCUT2D eigenvalue weighted by atomic mass is 9.95. The molecule has 0 aliphatic heterocycles. The summed E-state index contributed by atoms with van der Waals surface area (Å²) in [5.41, 5.74) is 3.25. The van der Waals surface area contributed by atoms with Crippen LogP contribution in [-0.2, 0) is 17.8 Å². The van der Waals surface area contributed by atoms with Gasteiger partial charge in [0.15, 0.2) is 0 Å². The SMILES string of the molecule is CCN(CC)C(=O)Cn1c(C)cc2c1CCCC2O. The maximum Gasteiger partial charge on any atom is 0.242 e. The Morgan fingerprint density at radius 3 is 2.79 bits per heavy atom. The molecule has 1 atom stereocenters. The van der Waals surface area contributed by atoms with Gasteiger partial charge < -0.3 is 14.6 Å². The first-order valence-electron chi connectivity index (χ1n) is 7.23. The van der Waals surface area contributed by atoms with Crippen molar-refractivity contribution >= 4 is 5.91 Å². The van der Waals surface area contributed by atoms with Crippen molar-refractivity contribution in [2.75, 3.05) is 13.1 Å². The molecule has 0 fully saturated rings. The summed E-state index contributed by atoms with van der Waals surface area (Å²) in [6.07, 6.45) is 2.44. The molecule has 106 valence electrons. The summed E-state index contributed by atoms with van der Waals surface area (Å²) in [6.45, 7) is 7.92. The number of hydrogen-bond donors (Lipinski definition) is 1. The summed E-state index contributed by atoms with van der Waals surface area (Å²) in [5, 5.41) is 10.0. The second-order valence-corrected chi connectivity index (χ2v) is 5.25. The van der Waals surface area contributed by atoms with Gasteiger partial charge in [-0.1, -0.05) is 0 Å². The van der Waals surface area contributed by atoms with Crippen LogP contribution >= 0.6 is 0 Å². The highest BCUT2D eigenvalue weighted by molar-refractivity contribution is 5.76. The number of aryl methyl sites for hydroxylation is 1. The summed E-state index contributed by atoms with van der Waals surface area (Å²) in [7, 11) is 0. The lowest BCUT2D eigenvalue weighted by molar-refractivity contribution is -0.131. The Kier molecular flexibility index (Phi) is 4.30. The molecule has 1 aliphatic carbocycles. The summed E-state index contributed by atoms with van der Waals surface area (Å²) in [4.78, 5) is 14.1. The molecule has 1 N–H and O–H groups in total. The van der Waals surface area contributed by atoms with E-state index in [1.54, 1.807) is 0 Å². The van der Waals surface area contributed by atoms with Crippen molar-refractivity contribution < 1.29 is 9.90 Å². The summed E-state index contributed by atoms with van der Waals surface area (Å²) >= 11 is 0. The lowest BCUT2D eigenvalue weighted by Crippen LogP contribution is -2.34. The minimum Gasteiger partial charge on any atom is -0.388 e. The van der Waals surface area contributed by atoms with Crippen LogP contribution < -0.4 is 0 Å². The maximum absolute atomic E-state index is 12.2. The Morgan fingerprint density at radius 2 is 2.16 bits per heavy atom. The van der Waals surface area contributed by atoms with E-state index in [0.29, 0.717) is 6.54 Å². The average molecular weight is 264 g/mol. The largest absolute Gasteiger partial charge is 0.388 e. The highest BCUT2D eigenvalue weighted by Gasteiger charge is 2.24. The summed E-state index contributed by atoms with van der Waals surface area (Å²) < 4.78 is 2.08. The number of carbonyl (C=O) groups is 1. The fraction of sp³-hybridized carbons (Fsp3) is 0.667. The molecular formula is C15H24N2O2. The first kappa shape index (κ1) is 14.1. The van der Waals surface area contributed by atoms with Crippen LogP contribution in [0.1, 0.15) is 49.7 Å². The van der Waals surface area contributed by atoms with Crippen LogP contribution in [0.3, 0.4) is 0 Å². The summed E-state index contributed by atoms with van der Waals surface area (Å²) in [5.74, 6) is 0.159. The van der Waals surface area contributed by atoms with E-state index in [9.17, 15) is 9.90 Å².